The van der Waals surface area contributed by atoms with Gasteiger partial charge >= 0.3 is 12.1 Å². The zero-order chi connectivity index (χ0) is 20.5. The maximum Gasteiger partial charge on any atom is 0.434 e. The Labute approximate surface area is 159 Å². The second kappa shape index (κ2) is 7.65. The number of aromatic nitrogens is 2. The Morgan fingerprint density at radius 3 is 2.32 bits per heavy atom. The fourth-order valence-corrected chi connectivity index (χ4v) is 3.42. The van der Waals surface area contributed by atoms with Crippen molar-refractivity contribution in [1.82, 2.24) is 14.7 Å². The molecule has 1 aliphatic rings. The molecule has 1 N–H and O–H groups in total. The molecule has 1 amide bonds. The van der Waals surface area contributed by atoms with Gasteiger partial charge in [0.15, 0.2) is 5.69 Å². The molecule has 0 saturated carbocycles. The first-order valence-electron chi connectivity index (χ1n) is 8.90. The zero-order valence-electron chi connectivity index (χ0n) is 15.2. The standard InChI is InChI=1S/C19H20F3N3O3/c1-12-2-4-14(5-3-12)25-17(19(20,21)22)15(11-23-25)18(28)24-8-6-13(7-9-24)10-16(26)27/h2-5,11,13H,6-10H2,1H3,(H,26,27). The van der Waals surface area contributed by atoms with Crippen LogP contribution in [0.1, 0.15) is 40.9 Å². The molecule has 1 aliphatic heterocycles. The molecule has 1 fully saturated rings. The largest absolute Gasteiger partial charge is 0.481 e. The number of rotatable bonds is 4. The number of carboxylic acids is 1. The molecule has 6 nitrogen and oxygen atoms in total. The van der Waals surface area contributed by atoms with Crippen molar-refractivity contribution < 1.29 is 27.9 Å². The van der Waals surface area contributed by atoms with Gasteiger partial charge in [-0.2, -0.15) is 18.3 Å². The lowest BCUT2D eigenvalue weighted by atomic mass is 9.93. The summed E-state index contributed by atoms with van der Waals surface area (Å²) in [4.78, 5) is 24.9. The van der Waals surface area contributed by atoms with Crippen LogP contribution in [0.4, 0.5) is 13.2 Å². The van der Waals surface area contributed by atoms with E-state index in [1.54, 1.807) is 12.1 Å². The van der Waals surface area contributed by atoms with Gasteiger partial charge in [-0.25, -0.2) is 4.68 Å². The van der Waals surface area contributed by atoms with E-state index in [0.717, 1.165) is 16.4 Å². The molecule has 0 unspecified atom stereocenters. The Morgan fingerprint density at radius 1 is 1.18 bits per heavy atom. The van der Waals surface area contributed by atoms with Crippen LogP contribution in [-0.4, -0.2) is 44.8 Å². The second-order valence-corrected chi connectivity index (χ2v) is 6.99. The number of aliphatic carboxylic acids is 1. The van der Waals surface area contributed by atoms with Crippen molar-refractivity contribution in [2.24, 2.45) is 5.92 Å². The molecule has 1 aromatic carbocycles. The minimum Gasteiger partial charge on any atom is -0.481 e. The van der Waals surface area contributed by atoms with E-state index in [1.807, 2.05) is 6.92 Å². The Balaban J connectivity index is 1.87. The summed E-state index contributed by atoms with van der Waals surface area (Å²) in [5, 5.41) is 12.7. The van der Waals surface area contributed by atoms with E-state index in [4.69, 9.17) is 5.11 Å². The van der Waals surface area contributed by atoms with Crippen molar-refractivity contribution in [1.29, 1.82) is 0 Å². The predicted octanol–water partition coefficient (Wildman–Crippen LogP) is 3.53. The summed E-state index contributed by atoms with van der Waals surface area (Å²) in [6.45, 7) is 2.27. The minimum atomic E-state index is -4.76. The number of nitrogens with zero attached hydrogens (tertiary/aromatic N) is 3. The quantitative estimate of drug-likeness (QED) is 0.860. The molecular weight excluding hydrogens is 375 g/mol. The number of carboxylic acid groups (broad SMARTS) is 1. The molecule has 0 aliphatic carbocycles. The average molecular weight is 395 g/mol. The van der Waals surface area contributed by atoms with Crippen molar-refractivity contribution in [3.63, 3.8) is 0 Å². The number of halogens is 3. The van der Waals surface area contributed by atoms with Crippen molar-refractivity contribution in [3.8, 4) is 5.69 Å². The van der Waals surface area contributed by atoms with Crippen LogP contribution in [0.15, 0.2) is 30.5 Å². The van der Waals surface area contributed by atoms with Crippen LogP contribution in [0.2, 0.25) is 0 Å². The second-order valence-electron chi connectivity index (χ2n) is 6.99. The predicted molar refractivity (Wildman–Crippen MR) is 94.2 cm³/mol. The number of amides is 1. The molecule has 2 heterocycles. The number of benzene rings is 1. The van der Waals surface area contributed by atoms with Gasteiger partial charge < -0.3 is 10.0 Å². The number of carbonyl (C=O) groups excluding carboxylic acids is 1. The minimum absolute atomic E-state index is 0.00118. The summed E-state index contributed by atoms with van der Waals surface area (Å²) in [5.74, 6) is -1.72. The Hall–Kier alpha value is -2.84. The van der Waals surface area contributed by atoms with E-state index in [9.17, 15) is 22.8 Å². The van der Waals surface area contributed by atoms with Crippen LogP contribution in [-0.2, 0) is 11.0 Å². The zero-order valence-corrected chi connectivity index (χ0v) is 15.2. The first-order chi connectivity index (χ1) is 13.2. The SMILES string of the molecule is Cc1ccc(-n2ncc(C(=O)N3CCC(CC(=O)O)CC3)c2C(F)(F)F)cc1. The number of hydrogen-bond acceptors (Lipinski definition) is 3. The molecule has 3 rings (SSSR count). The molecule has 0 spiro atoms. The van der Waals surface area contributed by atoms with Crippen molar-refractivity contribution in [3.05, 3.63) is 47.3 Å². The van der Waals surface area contributed by atoms with Crippen LogP contribution in [0.25, 0.3) is 5.69 Å². The maximum absolute atomic E-state index is 13.7. The van der Waals surface area contributed by atoms with Gasteiger partial charge in [-0.3, -0.25) is 9.59 Å². The van der Waals surface area contributed by atoms with E-state index in [1.165, 1.54) is 17.0 Å². The Kier molecular flexibility index (Phi) is 5.44. The third kappa shape index (κ3) is 4.18. The van der Waals surface area contributed by atoms with E-state index >= 15 is 0 Å². The molecule has 0 atom stereocenters. The average Bonchev–Trinajstić information content (AvgIpc) is 3.07. The third-order valence-corrected chi connectivity index (χ3v) is 4.91. The number of alkyl halides is 3. The van der Waals surface area contributed by atoms with Gasteiger partial charge in [0.25, 0.3) is 5.91 Å². The van der Waals surface area contributed by atoms with Crippen molar-refractivity contribution in [2.45, 2.75) is 32.4 Å². The highest BCUT2D eigenvalue weighted by atomic mass is 19.4. The van der Waals surface area contributed by atoms with E-state index in [2.05, 4.69) is 5.10 Å². The summed E-state index contributed by atoms with van der Waals surface area (Å²) >= 11 is 0. The molecule has 150 valence electrons. The number of hydrogen-bond donors (Lipinski definition) is 1. The molecule has 0 radical (unpaired) electrons. The topological polar surface area (TPSA) is 75.4 Å². The summed E-state index contributed by atoms with van der Waals surface area (Å²) in [6.07, 6.45) is -2.90. The van der Waals surface area contributed by atoms with Crippen LogP contribution < -0.4 is 0 Å². The molecule has 1 saturated heterocycles. The summed E-state index contributed by atoms with van der Waals surface area (Å²) in [5.41, 5.74) is -0.485. The maximum atomic E-state index is 13.7. The highest BCUT2D eigenvalue weighted by Gasteiger charge is 2.41. The first kappa shape index (κ1) is 19.9. The van der Waals surface area contributed by atoms with E-state index in [-0.39, 0.29) is 31.1 Å². The molecule has 9 heteroatoms. The first-order valence-corrected chi connectivity index (χ1v) is 8.90. The molecule has 28 heavy (non-hydrogen) atoms. The highest BCUT2D eigenvalue weighted by molar-refractivity contribution is 5.95. The fourth-order valence-electron chi connectivity index (χ4n) is 3.42. The van der Waals surface area contributed by atoms with Crippen LogP contribution in [0, 0.1) is 12.8 Å². The van der Waals surface area contributed by atoms with Crippen molar-refractivity contribution in [2.75, 3.05) is 13.1 Å². The van der Waals surface area contributed by atoms with Gasteiger partial charge in [-0.1, -0.05) is 17.7 Å². The normalized spacial score (nSPS) is 15.6. The Morgan fingerprint density at radius 2 is 1.79 bits per heavy atom. The molecule has 2 aromatic rings. The highest BCUT2D eigenvalue weighted by Crippen LogP contribution is 2.35. The number of likely N-dealkylation sites (tertiary alicyclic amines) is 1. The van der Waals surface area contributed by atoms with Crippen LogP contribution in [0.5, 0.6) is 0 Å². The summed E-state index contributed by atoms with van der Waals surface area (Å²) in [6, 6.07) is 6.38. The smallest absolute Gasteiger partial charge is 0.434 e. The van der Waals surface area contributed by atoms with Gasteiger partial charge in [0.1, 0.15) is 0 Å². The summed E-state index contributed by atoms with van der Waals surface area (Å²) in [7, 11) is 0. The monoisotopic (exact) mass is 395 g/mol. The fraction of sp³-hybridized carbons (Fsp3) is 0.421. The molecular formula is C19H20F3N3O3. The Bertz CT molecular complexity index is 867. The third-order valence-electron chi connectivity index (χ3n) is 4.91. The van der Waals surface area contributed by atoms with Crippen LogP contribution >= 0.6 is 0 Å². The lowest BCUT2D eigenvalue weighted by molar-refractivity contribution is -0.143. The van der Waals surface area contributed by atoms with E-state index in [0.29, 0.717) is 12.8 Å². The van der Waals surface area contributed by atoms with Gasteiger partial charge in [0, 0.05) is 19.5 Å². The lowest BCUT2D eigenvalue weighted by Gasteiger charge is -2.31. The van der Waals surface area contributed by atoms with Gasteiger partial charge in [0.2, 0.25) is 0 Å². The van der Waals surface area contributed by atoms with Gasteiger partial charge in [-0.15, -0.1) is 0 Å². The molecule has 1 aromatic heterocycles. The summed E-state index contributed by atoms with van der Waals surface area (Å²) < 4.78 is 42.0. The van der Waals surface area contributed by atoms with Gasteiger partial charge in [0.05, 0.1) is 17.4 Å². The lowest BCUT2D eigenvalue weighted by Crippen LogP contribution is -2.39. The number of carbonyl (C=O) groups is 2. The number of aryl methyl sites for hydroxylation is 1. The number of piperidine rings is 1. The van der Waals surface area contributed by atoms with E-state index < -0.39 is 29.3 Å². The van der Waals surface area contributed by atoms with Crippen LogP contribution in [0.3, 0.4) is 0 Å². The van der Waals surface area contributed by atoms with Crippen molar-refractivity contribution >= 4 is 11.9 Å². The van der Waals surface area contributed by atoms with Gasteiger partial charge in [-0.05, 0) is 37.8 Å². The molecule has 0 bridgehead atoms.